The number of fused-ring (bicyclic) bond motifs is 5. The third kappa shape index (κ3) is 1.27. The summed E-state index contributed by atoms with van der Waals surface area (Å²) in [5.41, 5.74) is 5.24. The monoisotopic (exact) mass is 245 g/mol. The van der Waals surface area contributed by atoms with E-state index >= 15 is 0 Å². The lowest BCUT2D eigenvalue weighted by molar-refractivity contribution is 0.659. The Morgan fingerprint density at radius 3 is 2.58 bits per heavy atom. The van der Waals surface area contributed by atoms with Crippen LogP contribution in [0.15, 0.2) is 54.7 Å². The van der Waals surface area contributed by atoms with E-state index in [2.05, 4.69) is 61.3 Å². The second-order valence-corrected chi connectivity index (χ2v) is 5.73. The van der Waals surface area contributed by atoms with E-state index in [1.807, 2.05) is 12.3 Å². The van der Waals surface area contributed by atoms with E-state index in [9.17, 15) is 0 Å². The quantitative estimate of drug-likeness (QED) is 0.566. The Labute approximate surface area is 112 Å². The highest BCUT2D eigenvalue weighted by atomic mass is 14.7. The maximum atomic E-state index is 4.65. The van der Waals surface area contributed by atoms with Gasteiger partial charge in [-0.1, -0.05) is 56.3 Å². The smallest absolute Gasteiger partial charge is 0.0752 e. The number of rotatable bonds is 0. The van der Waals surface area contributed by atoms with E-state index in [1.165, 1.54) is 27.5 Å². The molecule has 1 heterocycles. The molecule has 19 heavy (non-hydrogen) atoms. The van der Waals surface area contributed by atoms with Crippen LogP contribution in [-0.2, 0) is 5.41 Å². The Morgan fingerprint density at radius 1 is 0.842 bits per heavy atom. The van der Waals surface area contributed by atoms with Gasteiger partial charge in [-0.25, -0.2) is 0 Å². The van der Waals surface area contributed by atoms with E-state index in [1.54, 1.807) is 0 Å². The van der Waals surface area contributed by atoms with Crippen LogP contribution in [-0.4, -0.2) is 4.98 Å². The minimum Gasteiger partial charge on any atom is -0.256 e. The maximum absolute atomic E-state index is 4.65. The van der Waals surface area contributed by atoms with E-state index in [0.717, 1.165) is 5.69 Å². The molecule has 0 bridgehead atoms. The third-order valence-electron chi connectivity index (χ3n) is 4.32. The fourth-order valence-corrected chi connectivity index (χ4v) is 3.30. The minimum absolute atomic E-state index is 0.0446. The summed E-state index contributed by atoms with van der Waals surface area (Å²) in [4.78, 5) is 4.65. The summed E-state index contributed by atoms with van der Waals surface area (Å²) in [7, 11) is 0. The predicted molar refractivity (Wildman–Crippen MR) is 79.3 cm³/mol. The molecule has 0 N–H and O–H groups in total. The number of pyridine rings is 1. The highest BCUT2D eigenvalue weighted by Gasteiger charge is 2.36. The van der Waals surface area contributed by atoms with Crippen LogP contribution in [0.1, 0.15) is 25.0 Å². The van der Waals surface area contributed by atoms with E-state index < -0.39 is 0 Å². The number of hydrogen-bond acceptors (Lipinski definition) is 1. The van der Waals surface area contributed by atoms with Gasteiger partial charge in [0.2, 0.25) is 0 Å². The second kappa shape index (κ2) is 3.45. The van der Waals surface area contributed by atoms with Crippen LogP contribution >= 0.6 is 0 Å². The molecule has 92 valence electrons. The van der Waals surface area contributed by atoms with Crippen molar-refractivity contribution in [2.75, 3.05) is 0 Å². The van der Waals surface area contributed by atoms with Crippen molar-refractivity contribution >= 4 is 10.8 Å². The number of hydrogen-bond donors (Lipinski definition) is 0. The highest BCUT2D eigenvalue weighted by Crippen LogP contribution is 2.49. The van der Waals surface area contributed by atoms with E-state index in [4.69, 9.17) is 0 Å². The molecule has 0 amide bonds. The van der Waals surface area contributed by atoms with Crippen molar-refractivity contribution in [3.63, 3.8) is 0 Å². The Hall–Kier alpha value is -2.15. The molecule has 1 aliphatic rings. The molecule has 0 atom stereocenters. The summed E-state index contributed by atoms with van der Waals surface area (Å²) in [6.07, 6.45) is 1.89. The first kappa shape index (κ1) is 10.7. The fourth-order valence-electron chi connectivity index (χ4n) is 3.30. The molecule has 0 radical (unpaired) electrons. The van der Waals surface area contributed by atoms with Crippen LogP contribution in [0.5, 0.6) is 0 Å². The van der Waals surface area contributed by atoms with Gasteiger partial charge in [-0.3, -0.25) is 4.98 Å². The minimum atomic E-state index is 0.0446. The second-order valence-electron chi connectivity index (χ2n) is 5.73. The van der Waals surface area contributed by atoms with Crippen LogP contribution in [0.3, 0.4) is 0 Å². The van der Waals surface area contributed by atoms with Crippen molar-refractivity contribution in [2.45, 2.75) is 19.3 Å². The molecule has 0 saturated carbocycles. The zero-order chi connectivity index (χ0) is 13.0. The lowest BCUT2D eigenvalue weighted by atomic mass is 9.82. The number of nitrogens with zero attached hydrogens (tertiary/aromatic N) is 1. The average molecular weight is 245 g/mol. The Balaban J connectivity index is 2.22. The molecular formula is C18H15N. The molecule has 1 aromatic heterocycles. The normalized spacial score (nSPS) is 15.3. The molecule has 1 heteroatoms. The fraction of sp³-hybridized carbons (Fsp3) is 0.167. The highest BCUT2D eigenvalue weighted by molar-refractivity contribution is 6.01. The van der Waals surface area contributed by atoms with Crippen molar-refractivity contribution < 1.29 is 0 Å². The SMILES string of the molecule is CC1(C)c2cccnc2-c2c1ccc1ccccc21. The van der Waals surface area contributed by atoms with Crippen LogP contribution in [0.2, 0.25) is 0 Å². The zero-order valence-corrected chi connectivity index (χ0v) is 11.1. The van der Waals surface area contributed by atoms with Gasteiger partial charge < -0.3 is 0 Å². The lowest BCUT2D eigenvalue weighted by Crippen LogP contribution is -2.14. The van der Waals surface area contributed by atoms with E-state index in [0.29, 0.717) is 0 Å². The lowest BCUT2D eigenvalue weighted by Gasteiger charge is -2.21. The molecule has 1 nitrogen and oxygen atoms in total. The summed E-state index contributed by atoms with van der Waals surface area (Å²) in [5, 5.41) is 2.60. The van der Waals surface area contributed by atoms with Crippen molar-refractivity contribution in [1.82, 2.24) is 4.98 Å². The van der Waals surface area contributed by atoms with Crippen molar-refractivity contribution in [1.29, 1.82) is 0 Å². The number of benzene rings is 2. The maximum Gasteiger partial charge on any atom is 0.0752 e. The van der Waals surface area contributed by atoms with Gasteiger partial charge in [0, 0.05) is 17.2 Å². The third-order valence-corrected chi connectivity index (χ3v) is 4.32. The number of aromatic nitrogens is 1. The largest absolute Gasteiger partial charge is 0.256 e. The van der Waals surface area contributed by atoms with Gasteiger partial charge in [-0.15, -0.1) is 0 Å². The summed E-state index contributed by atoms with van der Waals surface area (Å²) in [6, 6.07) is 17.3. The first-order chi connectivity index (χ1) is 9.19. The molecular weight excluding hydrogens is 230 g/mol. The molecule has 3 aromatic rings. The molecule has 0 unspecified atom stereocenters. The van der Waals surface area contributed by atoms with Gasteiger partial charge >= 0.3 is 0 Å². The summed E-state index contributed by atoms with van der Waals surface area (Å²) in [5.74, 6) is 0. The zero-order valence-electron chi connectivity index (χ0n) is 11.1. The van der Waals surface area contributed by atoms with Crippen molar-refractivity contribution in [3.8, 4) is 11.3 Å². The topological polar surface area (TPSA) is 12.9 Å². The van der Waals surface area contributed by atoms with Crippen LogP contribution in [0, 0.1) is 0 Å². The molecule has 0 fully saturated rings. The Morgan fingerprint density at radius 2 is 1.68 bits per heavy atom. The average Bonchev–Trinajstić information content (AvgIpc) is 2.68. The summed E-state index contributed by atoms with van der Waals surface area (Å²) >= 11 is 0. The van der Waals surface area contributed by atoms with Crippen molar-refractivity contribution in [2.24, 2.45) is 0 Å². The van der Waals surface area contributed by atoms with E-state index in [-0.39, 0.29) is 5.41 Å². The van der Waals surface area contributed by atoms with Gasteiger partial charge in [0.15, 0.2) is 0 Å². The van der Waals surface area contributed by atoms with Gasteiger partial charge in [0.1, 0.15) is 0 Å². The van der Waals surface area contributed by atoms with Gasteiger partial charge in [-0.2, -0.15) is 0 Å². The molecule has 0 aliphatic heterocycles. The first-order valence-electron chi connectivity index (χ1n) is 6.68. The summed E-state index contributed by atoms with van der Waals surface area (Å²) in [6.45, 7) is 4.57. The van der Waals surface area contributed by atoms with Crippen LogP contribution in [0.4, 0.5) is 0 Å². The summed E-state index contributed by atoms with van der Waals surface area (Å²) < 4.78 is 0. The Kier molecular flexibility index (Phi) is 1.95. The standard InChI is InChI=1S/C18H15N/c1-18(2)14-10-9-12-6-3-4-7-13(12)16(14)17-15(18)8-5-11-19-17/h3-11H,1-2H3. The molecule has 0 saturated heterocycles. The predicted octanol–water partition coefficient (Wildman–Crippen LogP) is 4.54. The van der Waals surface area contributed by atoms with Gasteiger partial charge in [0.25, 0.3) is 0 Å². The van der Waals surface area contributed by atoms with Gasteiger partial charge in [0.05, 0.1) is 5.69 Å². The van der Waals surface area contributed by atoms with Crippen LogP contribution in [0.25, 0.3) is 22.0 Å². The Bertz CT molecular complexity index is 800. The first-order valence-corrected chi connectivity index (χ1v) is 6.68. The molecule has 4 rings (SSSR count). The van der Waals surface area contributed by atoms with Crippen LogP contribution < -0.4 is 0 Å². The van der Waals surface area contributed by atoms with Crippen molar-refractivity contribution in [3.05, 3.63) is 65.9 Å². The molecule has 0 spiro atoms. The molecule has 2 aromatic carbocycles. The van der Waals surface area contributed by atoms with Gasteiger partial charge in [-0.05, 0) is 28.0 Å². The molecule has 1 aliphatic carbocycles.